The Balaban J connectivity index is 0.823. The number of rotatable bonds is 8. The molecule has 16 heteroatoms. The van der Waals surface area contributed by atoms with E-state index < -0.39 is 23.4 Å². The number of aromatic hydroxyl groups is 2. The summed E-state index contributed by atoms with van der Waals surface area (Å²) in [6, 6.07) is 17.7. The first-order valence-corrected chi connectivity index (χ1v) is 21.7. The van der Waals surface area contributed by atoms with Crippen molar-refractivity contribution in [1.82, 2.24) is 33.8 Å². The van der Waals surface area contributed by atoms with E-state index in [1.54, 1.807) is 34.6 Å². The number of phenolic OH excluding ortho intramolecular Hbond substituents is 2. The number of nitrogens with one attached hydrogen (secondary N) is 1. The average molecular weight is 866 g/mol. The van der Waals surface area contributed by atoms with E-state index in [0.29, 0.717) is 64.9 Å². The van der Waals surface area contributed by atoms with Crippen LogP contribution >= 0.6 is 0 Å². The fraction of sp³-hybridized carbons (Fsp3) is 0.333. The van der Waals surface area contributed by atoms with Crippen LogP contribution in [0.5, 0.6) is 17.2 Å². The average Bonchev–Trinajstić information content (AvgIpc) is 3.99. The van der Waals surface area contributed by atoms with E-state index in [4.69, 9.17) is 14.5 Å². The van der Waals surface area contributed by atoms with Gasteiger partial charge in [0.1, 0.15) is 23.9 Å². The zero-order valence-corrected chi connectivity index (χ0v) is 35.8. The van der Waals surface area contributed by atoms with E-state index in [1.807, 2.05) is 63.4 Å². The molecule has 16 nitrogen and oxygen atoms in total. The number of hydrogen-bond donors (Lipinski definition) is 4. The van der Waals surface area contributed by atoms with E-state index in [0.717, 1.165) is 46.8 Å². The van der Waals surface area contributed by atoms with Crippen molar-refractivity contribution in [3.05, 3.63) is 116 Å². The largest absolute Gasteiger partial charge is 0.508 e. The highest BCUT2D eigenvalue weighted by molar-refractivity contribution is 5.90. The topological polar surface area (TPSA) is 207 Å². The third kappa shape index (κ3) is 6.45. The summed E-state index contributed by atoms with van der Waals surface area (Å²) in [6.45, 7) is 9.45. The number of piperidine rings is 1. The van der Waals surface area contributed by atoms with Crippen LogP contribution < -0.4 is 16.0 Å². The molecule has 7 heterocycles. The van der Waals surface area contributed by atoms with Crippen LogP contribution in [0.3, 0.4) is 0 Å². The van der Waals surface area contributed by atoms with Gasteiger partial charge in [0.2, 0.25) is 0 Å². The lowest BCUT2D eigenvalue weighted by Gasteiger charge is -2.31. The fourth-order valence-electron chi connectivity index (χ4n) is 9.79. The zero-order chi connectivity index (χ0) is 44.8. The highest BCUT2D eigenvalue weighted by atomic mass is 16.6. The highest BCUT2D eigenvalue weighted by Gasteiger charge is 2.45. The minimum absolute atomic E-state index is 0.0238. The first kappa shape index (κ1) is 40.8. The van der Waals surface area contributed by atoms with Gasteiger partial charge < -0.3 is 38.8 Å². The number of carbonyl (C=O) groups is 2. The molecule has 1 amide bonds. The van der Waals surface area contributed by atoms with Crippen molar-refractivity contribution in [1.29, 1.82) is 0 Å². The molecular formula is C48H47N7O9. The van der Waals surface area contributed by atoms with Gasteiger partial charge in [0.25, 0.3) is 5.56 Å². The summed E-state index contributed by atoms with van der Waals surface area (Å²) in [6.07, 6.45) is 3.85. The SMILES string of the molecule is CCc1c2c(nc3ccc(OC(=O)N4CCC(Cn5ccc6cc(-n7c(-c8cc(C(C)C)c(O)cc8O)n[nH]c7=O)ccc65)CC4)cc13)-c1cc3c(c(=O)n1C2)COC(=O)[C@]3(O)CC. The Morgan fingerprint density at radius 3 is 2.53 bits per heavy atom. The number of nitrogens with zero attached hydrogens (tertiary/aromatic N) is 6. The number of hydrogen-bond acceptors (Lipinski definition) is 11. The van der Waals surface area contributed by atoms with Gasteiger partial charge in [0, 0.05) is 59.3 Å². The van der Waals surface area contributed by atoms with Crippen molar-refractivity contribution in [2.45, 2.75) is 84.6 Å². The van der Waals surface area contributed by atoms with Crippen molar-refractivity contribution >= 4 is 33.9 Å². The van der Waals surface area contributed by atoms with Crippen LogP contribution in [-0.2, 0) is 41.2 Å². The summed E-state index contributed by atoms with van der Waals surface area (Å²) in [5.41, 5.74) is 4.05. The van der Waals surface area contributed by atoms with E-state index in [9.17, 15) is 34.5 Å². The van der Waals surface area contributed by atoms with Crippen molar-refractivity contribution in [2.24, 2.45) is 5.92 Å². The molecule has 0 aliphatic carbocycles. The van der Waals surface area contributed by atoms with Gasteiger partial charge in [-0.2, -0.15) is 5.10 Å². The van der Waals surface area contributed by atoms with Gasteiger partial charge in [-0.3, -0.25) is 4.79 Å². The maximum Gasteiger partial charge on any atom is 0.415 e. The number of phenols is 2. The maximum atomic E-state index is 13.7. The lowest BCUT2D eigenvalue weighted by atomic mass is 9.86. The van der Waals surface area contributed by atoms with Crippen LogP contribution in [0.2, 0.25) is 0 Å². The minimum Gasteiger partial charge on any atom is -0.508 e. The second-order valence-electron chi connectivity index (χ2n) is 17.3. The van der Waals surface area contributed by atoms with Crippen LogP contribution in [-0.4, -0.2) is 74.3 Å². The molecule has 0 bridgehead atoms. The Morgan fingerprint density at radius 2 is 1.78 bits per heavy atom. The molecule has 7 aromatic rings. The van der Waals surface area contributed by atoms with Gasteiger partial charge in [0.05, 0.1) is 40.3 Å². The molecule has 10 rings (SSSR count). The maximum absolute atomic E-state index is 13.7. The predicted molar refractivity (Wildman–Crippen MR) is 237 cm³/mol. The van der Waals surface area contributed by atoms with Crippen LogP contribution in [0.25, 0.3) is 50.3 Å². The number of pyridine rings is 2. The number of benzene rings is 3. The molecule has 1 fully saturated rings. The minimum atomic E-state index is -1.91. The number of aliphatic hydroxyl groups is 1. The lowest BCUT2D eigenvalue weighted by molar-refractivity contribution is -0.172. The molecule has 4 N–H and O–H groups in total. The van der Waals surface area contributed by atoms with Crippen LogP contribution in [0.15, 0.2) is 76.4 Å². The molecule has 0 saturated carbocycles. The number of aromatic nitrogens is 6. The highest BCUT2D eigenvalue weighted by Crippen LogP contribution is 2.42. The number of amides is 1. The van der Waals surface area contributed by atoms with Crippen molar-refractivity contribution in [3.8, 4) is 45.7 Å². The first-order chi connectivity index (χ1) is 30.8. The number of fused-ring (bicyclic) bond motifs is 6. The zero-order valence-electron chi connectivity index (χ0n) is 35.8. The van der Waals surface area contributed by atoms with Crippen LogP contribution in [0, 0.1) is 5.92 Å². The molecular weight excluding hydrogens is 819 g/mol. The number of cyclic esters (lactones) is 1. The quantitative estimate of drug-likeness (QED) is 0.120. The summed E-state index contributed by atoms with van der Waals surface area (Å²) in [7, 11) is 0. The number of likely N-dealkylation sites (tertiary alicyclic amines) is 1. The third-order valence-electron chi connectivity index (χ3n) is 13.4. The van der Waals surface area contributed by atoms with E-state index >= 15 is 0 Å². The lowest BCUT2D eigenvalue weighted by Crippen LogP contribution is -2.44. The van der Waals surface area contributed by atoms with Gasteiger partial charge in [-0.15, -0.1) is 0 Å². The molecule has 3 aliphatic rings. The van der Waals surface area contributed by atoms with E-state index in [-0.39, 0.29) is 59.5 Å². The van der Waals surface area contributed by atoms with E-state index in [1.165, 1.54) is 10.6 Å². The predicted octanol–water partition coefficient (Wildman–Crippen LogP) is 6.58. The van der Waals surface area contributed by atoms with Gasteiger partial charge in [-0.1, -0.05) is 27.7 Å². The van der Waals surface area contributed by atoms with Gasteiger partial charge in [-0.25, -0.2) is 29.0 Å². The van der Waals surface area contributed by atoms with Gasteiger partial charge in [0.15, 0.2) is 11.4 Å². The molecule has 3 aromatic carbocycles. The van der Waals surface area contributed by atoms with Crippen LogP contribution in [0.4, 0.5) is 4.79 Å². The Labute approximate surface area is 365 Å². The molecule has 64 heavy (non-hydrogen) atoms. The number of carbonyl (C=O) groups excluding carboxylic acids is 2. The molecule has 328 valence electrons. The Morgan fingerprint density at radius 1 is 0.984 bits per heavy atom. The molecule has 0 unspecified atom stereocenters. The summed E-state index contributed by atoms with van der Waals surface area (Å²) >= 11 is 0. The van der Waals surface area contributed by atoms with Gasteiger partial charge >= 0.3 is 17.8 Å². The number of aromatic amines is 1. The van der Waals surface area contributed by atoms with Gasteiger partial charge in [-0.05, 0) is 103 Å². The van der Waals surface area contributed by atoms with Crippen molar-refractivity contribution < 1.29 is 34.4 Å². The Bertz CT molecular complexity index is 3210. The normalized spacial score (nSPS) is 17.2. The molecule has 1 atom stereocenters. The third-order valence-corrected chi connectivity index (χ3v) is 13.4. The number of H-pyrrole nitrogens is 1. The first-order valence-electron chi connectivity index (χ1n) is 21.7. The summed E-state index contributed by atoms with van der Waals surface area (Å²) in [5.74, 6) is -0.0716. The van der Waals surface area contributed by atoms with Crippen LogP contribution in [0.1, 0.15) is 80.7 Å². The van der Waals surface area contributed by atoms with Crippen molar-refractivity contribution in [3.63, 3.8) is 0 Å². The standard InChI is InChI=1S/C48H47N7O9/c1-5-30-32-18-29(8-9-37(32)49-42-34(30)23-54-39(42)20-36-35(44(54)58)24-63-45(59)48(36,62)6-2)64-47(61)52-14-11-26(12-15-52)22-53-16-13-27-17-28(7-10-38(27)53)55-43(50-51-46(55)60)33-19-31(25(3)4)40(56)21-41(33)57/h7-10,13,16-21,25-26,56-57,62H,5-6,11-12,14-15,22-24H2,1-4H3,(H,51,60)/t48-/m0/s1. The number of ether oxygens (including phenoxy) is 2. The molecule has 1 saturated heterocycles. The monoisotopic (exact) mass is 865 g/mol. The summed E-state index contributed by atoms with van der Waals surface area (Å²) in [4.78, 5) is 59.7. The smallest absolute Gasteiger partial charge is 0.415 e. The molecule has 3 aliphatic heterocycles. The second-order valence-corrected chi connectivity index (χ2v) is 17.3. The molecule has 0 radical (unpaired) electrons. The molecule has 0 spiro atoms. The van der Waals surface area contributed by atoms with Crippen molar-refractivity contribution in [2.75, 3.05) is 13.1 Å². The summed E-state index contributed by atoms with van der Waals surface area (Å²) in [5, 5.41) is 40.9. The Kier molecular flexibility index (Phi) is 9.74. The van der Waals surface area contributed by atoms with E-state index in [2.05, 4.69) is 14.8 Å². The second kappa shape index (κ2) is 15.3. The fourth-order valence-corrected chi connectivity index (χ4v) is 9.79. The summed E-state index contributed by atoms with van der Waals surface area (Å²) < 4.78 is 16.4. The molecule has 4 aromatic heterocycles. The Hall–Kier alpha value is -7.20. The number of aryl methyl sites for hydroxylation is 1. The number of esters is 1.